The number of alkyl halides is 3. The molecule has 4 nitrogen and oxygen atoms in total. The summed E-state index contributed by atoms with van der Waals surface area (Å²) in [7, 11) is 0. The first-order valence-electron chi connectivity index (χ1n) is 7.55. The van der Waals surface area contributed by atoms with E-state index < -0.39 is 12.3 Å². The van der Waals surface area contributed by atoms with Gasteiger partial charge in [0.05, 0.1) is 12.5 Å². The van der Waals surface area contributed by atoms with Gasteiger partial charge in [-0.25, -0.2) is 0 Å². The molecule has 0 bridgehead atoms. The maximum absolute atomic E-state index is 12.4. The Labute approximate surface area is 132 Å². The molecule has 0 aromatic heterocycles. The molecule has 1 aromatic carbocycles. The summed E-state index contributed by atoms with van der Waals surface area (Å²) in [6.45, 7) is 2.20. The fourth-order valence-electron chi connectivity index (χ4n) is 2.98. The number of halogens is 3. The van der Waals surface area contributed by atoms with Crippen LogP contribution in [0.3, 0.4) is 0 Å². The lowest BCUT2D eigenvalue weighted by molar-refractivity contribution is -0.274. The van der Waals surface area contributed by atoms with Crippen molar-refractivity contribution in [2.24, 2.45) is 5.92 Å². The molecule has 0 saturated heterocycles. The van der Waals surface area contributed by atoms with Crippen molar-refractivity contribution in [1.82, 2.24) is 0 Å². The van der Waals surface area contributed by atoms with Gasteiger partial charge in [0.2, 0.25) is 0 Å². The van der Waals surface area contributed by atoms with Gasteiger partial charge in [0.25, 0.3) is 0 Å². The number of hydrogen-bond donors (Lipinski definition) is 1. The molecule has 0 aliphatic heterocycles. The summed E-state index contributed by atoms with van der Waals surface area (Å²) >= 11 is 0. The van der Waals surface area contributed by atoms with Gasteiger partial charge in [0.15, 0.2) is 0 Å². The molecule has 0 atom stereocenters. The van der Waals surface area contributed by atoms with Crippen molar-refractivity contribution in [3.63, 3.8) is 0 Å². The zero-order valence-corrected chi connectivity index (χ0v) is 12.7. The van der Waals surface area contributed by atoms with Crippen LogP contribution in [0.1, 0.15) is 44.1 Å². The van der Waals surface area contributed by atoms with Crippen LogP contribution in [0, 0.1) is 5.92 Å². The second-order valence-electron chi connectivity index (χ2n) is 5.57. The van der Waals surface area contributed by atoms with Crippen LogP contribution in [0.2, 0.25) is 0 Å². The molecule has 0 radical (unpaired) electrons. The van der Waals surface area contributed by atoms with Gasteiger partial charge in [-0.3, -0.25) is 4.79 Å². The van der Waals surface area contributed by atoms with Crippen LogP contribution < -0.4 is 9.47 Å². The summed E-state index contributed by atoms with van der Waals surface area (Å²) in [6.07, 6.45) is -2.52. The van der Waals surface area contributed by atoms with Crippen LogP contribution in [-0.2, 0) is 4.79 Å². The van der Waals surface area contributed by atoms with Gasteiger partial charge in [-0.05, 0) is 56.7 Å². The van der Waals surface area contributed by atoms with Crippen molar-refractivity contribution in [3.8, 4) is 11.5 Å². The maximum atomic E-state index is 12.4. The number of benzene rings is 1. The summed E-state index contributed by atoms with van der Waals surface area (Å²) < 4.78 is 46.6. The Morgan fingerprint density at radius 1 is 1.26 bits per heavy atom. The van der Waals surface area contributed by atoms with E-state index in [9.17, 15) is 18.0 Å². The maximum Gasteiger partial charge on any atom is 0.573 e. The number of carboxylic acid groups (broad SMARTS) is 1. The SMILES string of the molecule is CCOc1ccc(OC(F)(F)F)cc1C1CCC(C(=O)O)CC1. The number of carboxylic acids is 1. The molecule has 2 rings (SSSR count). The van der Waals surface area contributed by atoms with Crippen molar-refractivity contribution in [2.75, 3.05) is 6.61 Å². The van der Waals surface area contributed by atoms with E-state index in [0.29, 0.717) is 43.6 Å². The lowest BCUT2D eigenvalue weighted by Crippen LogP contribution is -2.21. The minimum Gasteiger partial charge on any atom is -0.494 e. The summed E-state index contributed by atoms with van der Waals surface area (Å²) in [6, 6.07) is 4.05. The number of aliphatic carboxylic acids is 1. The summed E-state index contributed by atoms with van der Waals surface area (Å²) in [4.78, 5) is 11.0. The molecule has 1 aromatic rings. The van der Waals surface area contributed by atoms with Crippen LogP contribution >= 0.6 is 0 Å². The predicted octanol–water partition coefficient (Wildman–Crippen LogP) is 4.34. The zero-order valence-electron chi connectivity index (χ0n) is 12.7. The number of rotatable bonds is 5. The van der Waals surface area contributed by atoms with Gasteiger partial charge in [-0.15, -0.1) is 13.2 Å². The molecule has 1 aliphatic rings. The lowest BCUT2D eigenvalue weighted by Gasteiger charge is -2.28. The third kappa shape index (κ3) is 4.77. The Morgan fingerprint density at radius 2 is 1.91 bits per heavy atom. The normalized spacial score (nSPS) is 21.7. The van der Waals surface area contributed by atoms with E-state index >= 15 is 0 Å². The van der Waals surface area contributed by atoms with Crippen molar-refractivity contribution >= 4 is 5.97 Å². The van der Waals surface area contributed by atoms with Gasteiger partial charge < -0.3 is 14.6 Å². The van der Waals surface area contributed by atoms with E-state index in [1.807, 2.05) is 0 Å². The Bertz CT molecular complexity index is 549. The molecule has 0 amide bonds. The van der Waals surface area contributed by atoms with Crippen molar-refractivity contribution < 1.29 is 32.5 Å². The summed E-state index contributed by atoms with van der Waals surface area (Å²) in [5.41, 5.74) is 0.650. The zero-order chi connectivity index (χ0) is 17.0. The third-order valence-corrected chi connectivity index (χ3v) is 4.03. The monoisotopic (exact) mass is 332 g/mol. The van der Waals surface area contributed by atoms with Gasteiger partial charge in [-0.1, -0.05) is 0 Å². The Balaban J connectivity index is 2.20. The van der Waals surface area contributed by atoms with Gasteiger partial charge >= 0.3 is 12.3 Å². The van der Waals surface area contributed by atoms with E-state index in [4.69, 9.17) is 9.84 Å². The standard InChI is InChI=1S/C16H19F3O4/c1-2-22-14-8-7-12(23-16(17,18)19)9-13(14)10-3-5-11(6-4-10)15(20)21/h7-11H,2-6H2,1H3,(H,20,21). The van der Waals surface area contributed by atoms with Crippen LogP contribution in [0.4, 0.5) is 13.2 Å². The van der Waals surface area contributed by atoms with Crippen LogP contribution in [0.25, 0.3) is 0 Å². The fourth-order valence-corrected chi connectivity index (χ4v) is 2.98. The van der Waals surface area contributed by atoms with Gasteiger partial charge in [0, 0.05) is 5.56 Å². The van der Waals surface area contributed by atoms with Gasteiger partial charge in [0.1, 0.15) is 11.5 Å². The minimum absolute atomic E-state index is 0.0241. The van der Waals surface area contributed by atoms with Crippen LogP contribution in [0.5, 0.6) is 11.5 Å². The molecule has 0 unspecified atom stereocenters. The van der Waals surface area contributed by atoms with Crippen LogP contribution in [0.15, 0.2) is 18.2 Å². The smallest absolute Gasteiger partial charge is 0.494 e. The molecule has 1 N–H and O–H groups in total. The first-order chi connectivity index (χ1) is 10.8. The quantitative estimate of drug-likeness (QED) is 0.871. The first-order valence-corrected chi connectivity index (χ1v) is 7.55. The van der Waals surface area contributed by atoms with Gasteiger partial charge in [-0.2, -0.15) is 0 Å². The highest BCUT2D eigenvalue weighted by Crippen LogP contribution is 2.41. The highest BCUT2D eigenvalue weighted by Gasteiger charge is 2.32. The topological polar surface area (TPSA) is 55.8 Å². The van der Waals surface area contributed by atoms with E-state index in [1.54, 1.807) is 6.92 Å². The second-order valence-corrected chi connectivity index (χ2v) is 5.57. The van der Waals surface area contributed by atoms with E-state index in [-0.39, 0.29) is 17.6 Å². The Kier molecular flexibility index (Phi) is 5.38. The second kappa shape index (κ2) is 7.10. The number of ether oxygens (including phenoxy) is 2. The average Bonchev–Trinajstić information content (AvgIpc) is 2.47. The molecule has 0 heterocycles. The molecule has 23 heavy (non-hydrogen) atoms. The van der Waals surface area contributed by atoms with E-state index in [1.165, 1.54) is 18.2 Å². The number of hydrogen-bond acceptors (Lipinski definition) is 3. The molecule has 1 fully saturated rings. The minimum atomic E-state index is -4.74. The largest absolute Gasteiger partial charge is 0.573 e. The highest BCUT2D eigenvalue weighted by molar-refractivity contribution is 5.70. The fraction of sp³-hybridized carbons (Fsp3) is 0.562. The van der Waals surface area contributed by atoms with Crippen LogP contribution in [-0.4, -0.2) is 24.0 Å². The number of carbonyl (C=O) groups is 1. The van der Waals surface area contributed by atoms with Crippen molar-refractivity contribution in [1.29, 1.82) is 0 Å². The lowest BCUT2D eigenvalue weighted by atomic mass is 9.78. The molecule has 7 heteroatoms. The average molecular weight is 332 g/mol. The molecule has 0 spiro atoms. The van der Waals surface area contributed by atoms with Crippen molar-refractivity contribution in [2.45, 2.75) is 44.9 Å². The van der Waals surface area contributed by atoms with E-state index in [2.05, 4.69) is 4.74 Å². The summed E-state index contributed by atoms with van der Waals surface area (Å²) in [5, 5.41) is 9.04. The molecular formula is C16H19F3O4. The Hall–Kier alpha value is -1.92. The first kappa shape index (κ1) is 17.4. The van der Waals surface area contributed by atoms with E-state index in [0.717, 1.165) is 0 Å². The predicted molar refractivity (Wildman–Crippen MR) is 76.6 cm³/mol. The molecular weight excluding hydrogens is 313 g/mol. The highest BCUT2D eigenvalue weighted by atomic mass is 19.4. The molecule has 1 saturated carbocycles. The molecule has 1 aliphatic carbocycles. The molecule has 128 valence electrons. The van der Waals surface area contributed by atoms with Crippen molar-refractivity contribution in [3.05, 3.63) is 23.8 Å². The summed E-state index contributed by atoms with van der Waals surface area (Å²) in [5.74, 6) is -0.972. The third-order valence-electron chi connectivity index (χ3n) is 4.03. The Morgan fingerprint density at radius 3 is 2.43 bits per heavy atom.